The summed E-state index contributed by atoms with van der Waals surface area (Å²) in [7, 11) is 0. The SMILES string of the molecule is CC.CC(C)c1ccc(/C=C/c2cccc(C(F)(F)F)c2)cc1.Cc1ccc(/C=C/c2c(F)cccc2F)cc1. The molecule has 0 atom stereocenters. The Hall–Kier alpha value is -3.99. The molecule has 4 rings (SSSR count). The van der Waals surface area contributed by atoms with E-state index in [1.807, 2.05) is 75.4 Å². The fourth-order valence-electron chi connectivity index (χ4n) is 3.53. The lowest BCUT2D eigenvalue weighted by Crippen LogP contribution is -2.04. The van der Waals surface area contributed by atoms with E-state index in [9.17, 15) is 22.0 Å². The van der Waals surface area contributed by atoms with Crippen LogP contribution < -0.4 is 0 Å². The molecule has 5 heteroatoms. The Morgan fingerprint density at radius 1 is 0.600 bits per heavy atom. The Morgan fingerprint density at radius 3 is 1.60 bits per heavy atom. The van der Waals surface area contributed by atoms with Crippen LogP contribution >= 0.6 is 0 Å². The van der Waals surface area contributed by atoms with Gasteiger partial charge in [-0.2, -0.15) is 13.2 Å². The standard InChI is InChI=1S/C18H17F3.C15H12F2.C2H6/c1-13(2)16-10-8-14(9-11-16)6-7-15-4-3-5-17(12-15)18(19,20)21;1-11-5-7-12(8-6-11)9-10-13-14(16)3-2-4-15(13)17;1-2/h3-13H,1-2H3;2-10H,1H3;1-2H3/b7-6+;10-9+;. The smallest absolute Gasteiger partial charge is 0.206 e. The molecule has 0 radical (unpaired) electrons. The van der Waals surface area contributed by atoms with Crippen LogP contribution in [0.3, 0.4) is 0 Å². The van der Waals surface area contributed by atoms with E-state index in [0.717, 1.165) is 28.8 Å². The van der Waals surface area contributed by atoms with Crippen molar-refractivity contribution in [2.24, 2.45) is 0 Å². The van der Waals surface area contributed by atoms with Crippen LogP contribution in [0.5, 0.6) is 0 Å². The maximum Gasteiger partial charge on any atom is 0.416 e. The highest BCUT2D eigenvalue weighted by atomic mass is 19.4. The van der Waals surface area contributed by atoms with Gasteiger partial charge in [0.05, 0.1) is 5.56 Å². The van der Waals surface area contributed by atoms with Crippen LogP contribution in [0.1, 0.15) is 72.6 Å². The summed E-state index contributed by atoms with van der Waals surface area (Å²) in [6.45, 7) is 10.2. The number of hydrogen-bond donors (Lipinski definition) is 0. The minimum Gasteiger partial charge on any atom is -0.206 e. The molecule has 0 heterocycles. The molecule has 0 saturated heterocycles. The lowest BCUT2D eigenvalue weighted by atomic mass is 10.0. The van der Waals surface area contributed by atoms with Crippen LogP contribution in [0.15, 0.2) is 91.0 Å². The van der Waals surface area contributed by atoms with Gasteiger partial charge in [0.2, 0.25) is 0 Å². The van der Waals surface area contributed by atoms with Crippen LogP contribution in [0.2, 0.25) is 0 Å². The highest BCUT2D eigenvalue weighted by molar-refractivity contribution is 5.71. The summed E-state index contributed by atoms with van der Waals surface area (Å²) in [6.07, 6.45) is 2.36. The second kappa shape index (κ2) is 15.6. The van der Waals surface area contributed by atoms with Crippen LogP contribution in [-0.2, 0) is 6.18 Å². The van der Waals surface area contributed by atoms with Crippen LogP contribution in [0, 0.1) is 18.6 Å². The largest absolute Gasteiger partial charge is 0.416 e. The third-order valence-corrected chi connectivity index (χ3v) is 5.80. The molecule has 0 aliphatic heterocycles. The summed E-state index contributed by atoms with van der Waals surface area (Å²) in [5, 5.41) is 0. The third-order valence-electron chi connectivity index (χ3n) is 5.80. The second-order valence-corrected chi connectivity index (χ2v) is 9.16. The molecular formula is C35H35F5. The molecule has 0 spiro atoms. The predicted octanol–water partition coefficient (Wildman–Crippen LogP) is 11.5. The summed E-state index contributed by atoms with van der Waals surface area (Å²) >= 11 is 0. The van der Waals surface area contributed by atoms with E-state index >= 15 is 0 Å². The molecule has 0 bridgehead atoms. The minimum absolute atomic E-state index is 0.00641. The van der Waals surface area contributed by atoms with Crippen molar-refractivity contribution in [2.75, 3.05) is 0 Å². The maximum atomic E-state index is 13.3. The first-order valence-electron chi connectivity index (χ1n) is 13.2. The molecule has 4 aromatic rings. The molecule has 0 saturated carbocycles. The monoisotopic (exact) mass is 550 g/mol. The summed E-state index contributed by atoms with van der Waals surface area (Å²) in [4.78, 5) is 0. The number of halogens is 5. The van der Waals surface area contributed by atoms with Crippen LogP contribution in [0.4, 0.5) is 22.0 Å². The molecule has 0 nitrogen and oxygen atoms in total. The summed E-state index contributed by atoms with van der Waals surface area (Å²) < 4.78 is 64.5. The van der Waals surface area contributed by atoms with E-state index in [1.165, 1.54) is 35.9 Å². The number of rotatable bonds is 5. The zero-order valence-corrected chi connectivity index (χ0v) is 23.4. The molecule has 0 fully saturated rings. The van der Waals surface area contributed by atoms with E-state index < -0.39 is 23.4 Å². The Kier molecular flexibility index (Phi) is 12.5. The van der Waals surface area contributed by atoms with E-state index in [2.05, 4.69) is 13.8 Å². The van der Waals surface area contributed by atoms with Gasteiger partial charge in [-0.3, -0.25) is 0 Å². The third kappa shape index (κ3) is 10.3. The van der Waals surface area contributed by atoms with Gasteiger partial charge < -0.3 is 0 Å². The number of benzene rings is 4. The minimum atomic E-state index is -4.30. The molecule has 40 heavy (non-hydrogen) atoms. The van der Waals surface area contributed by atoms with Crippen molar-refractivity contribution in [1.29, 1.82) is 0 Å². The fraction of sp³-hybridized carbons (Fsp3) is 0.200. The normalized spacial score (nSPS) is 11.3. The van der Waals surface area contributed by atoms with E-state index in [-0.39, 0.29) is 5.56 Å². The van der Waals surface area contributed by atoms with E-state index in [4.69, 9.17) is 0 Å². The van der Waals surface area contributed by atoms with Gasteiger partial charge in [0.15, 0.2) is 0 Å². The average molecular weight is 551 g/mol. The van der Waals surface area contributed by atoms with Crippen molar-refractivity contribution >= 4 is 24.3 Å². The molecule has 0 aliphatic rings. The first kappa shape index (κ1) is 32.2. The number of alkyl halides is 3. The molecule has 4 aromatic carbocycles. The highest BCUT2D eigenvalue weighted by Gasteiger charge is 2.30. The quantitative estimate of drug-likeness (QED) is 0.171. The molecule has 0 amide bonds. The Labute approximate surface area is 234 Å². The Morgan fingerprint density at radius 2 is 1.07 bits per heavy atom. The van der Waals surface area contributed by atoms with Gasteiger partial charge in [0.1, 0.15) is 11.6 Å². The molecule has 210 valence electrons. The number of hydrogen-bond acceptors (Lipinski definition) is 0. The fourth-order valence-corrected chi connectivity index (χ4v) is 3.53. The van der Waals surface area contributed by atoms with E-state index in [0.29, 0.717) is 11.5 Å². The second-order valence-electron chi connectivity index (χ2n) is 9.16. The van der Waals surface area contributed by atoms with Crippen molar-refractivity contribution < 1.29 is 22.0 Å². The zero-order valence-electron chi connectivity index (χ0n) is 23.4. The van der Waals surface area contributed by atoms with Gasteiger partial charge in [-0.25, -0.2) is 8.78 Å². The van der Waals surface area contributed by atoms with Gasteiger partial charge in [-0.1, -0.05) is 118 Å². The van der Waals surface area contributed by atoms with Crippen molar-refractivity contribution in [2.45, 2.75) is 46.7 Å². The van der Waals surface area contributed by atoms with Gasteiger partial charge in [0, 0.05) is 5.56 Å². The first-order chi connectivity index (χ1) is 19.0. The summed E-state index contributed by atoms with van der Waals surface area (Å²) in [5.41, 5.74) is 4.19. The lowest BCUT2D eigenvalue weighted by molar-refractivity contribution is -0.137. The molecular weight excluding hydrogens is 515 g/mol. The van der Waals surface area contributed by atoms with Crippen LogP contribution in [0.25, 0.3) is 24.3 Å². The lowest BCUT2D eigenvalue weighted by Gasteiger charge is -2.07. The average Bonchev–Trinajstić information content (AvgIpc) is 2.94. The number of aryl methyl sites for hydroxylation is 1. The highest BCUT2D eigenvalue weighted by Crippen LogP contribution is 2.30. The predicted molar refractivity (Wildman–Crippen MR) is 159 cm³/mol. The van der Waals surface area contributed by atoms with Gasteiger partial charge >= 0.3 is 6.18 Å². The Bertz CT molecular complexity index is 1360. The Balaban J connectivity index is 0.000000269. The van der Waals surface area contributed by atoms with E-state index in [1.54, 1.807) is 18.2 Å². The van der Waals surface area contributed by atoms with Crippen molar-refractivity contribution in [3.05, 3.63) is 142 Å². The zero-order chi connectivity index (χ0) is 29.7. The summed E-state index contributed by atoms with van der Waals surface area (Å²) in [5.74, 6) is -0.631. The van der Waals surface area contributed by atoms with Crippen LogP contribution in [-0.4, -0.2) is 0 Å². The molecule has 0 aromatic heterocycles. The van der Waals surface area contributed by atoms with Gasteiger partial charge in [0.25, 0.3) is 0 Å². The molecule has 0 unspecified atom stereocenters. The first-order valence-corrected chi connectivity index (χ1v) is 13.2. The van der Waals surface area contributed by atoms with Gasteiger partial charge in [-0.15, -0.1) is 0 Å². The summed E-state index contributed by atoms with van der Waals surface area (Å²) in [6, 6.07) is 24.9. The van der Waals surface area contributed by atoms with Gasteiger partial charge in [-0.05, 0) is 65.4 Å². The van der Waals surface area contributed by atoms with Crippen molar-refractivity contribution in [3.63, 3.8) is 0 Å². The van der Waals surface area contributed by atoms with Crippen molar-refractivity contribution in [1.82, 2.24) is 0 Å². The molecule has 0 N–H and O–H groups in total. The maximum absolute atomic E-state index is 13.3. The van der Waals surface area contributed by atoms with Crippen molar-refractivity contribution in [3.8, 4) is 0 Å². The molecule has 0 aliphatic carbocycles. The topological polar surface area (TPSA) is 0 Å².